The minimum atomic E-state index is 0.779. The highest BCUT2D eigenvalue weighted by molar-refractivity contribution is 5.30. The molecule has 1 aromatic carbocycles. The van der Waals surface area contributed by atoms with Crippen molar-refractivity contribution >= 4 is 0 Å². The molecule has 0 amide bonds. The average molecular weight is 258 g/mol. The van der Waals surface area contributed by atoms with Crippen molar-refractivity contribution in [1.82, 2.24) is 10.2 Å². The van der Waals surface area contributed by atoms with Crippen molar-refractivity contribution in [3.8, 4) is 0 Å². The van der Waals surface area contributed by atoms with Gasteiger partial charge in [0.05, 0.1) is 0 Å². The summed E-state index contributed by atoms with van der Waals surface area (Å²) in [5.74, 6) is 0.950. The summed E-state index contributed by atoms with van der Waals surface area (Å²) in [4.78, 5) is 2.56. The van der Waals surface area contributed by atoms with E-state index in [1.807, 2.05) is 0 Å². The van der Waals surface area contributed by atoms with Gasteiger partial charge >= 0.3 is 0 Å². The minimum Gasteiger partial charge on any atom is -0.313 e. The van der Waals surface area contributed by atoms with Crippen molar-refractivity contribution in [2.24, 2.45) is 5.92 Å². The molecule has 1 aromatic rings. The summed E-state index contributed by atoms with van der Waals surface area (Å²) in [7, 11) is 0. The van der Waals surface area contributed by atoms with Crippen LogP contribution in [0.4, 0.5) is 0 Å². The van der Waals surface area contributed by atoms with Gasteiger partial charge in [0.1, 0.15) is 0 Å². The highest BCUT2D eigenvalue weighted by Crippen LogP contribution is 2.24. The number of benzene rings is 1. The van der Waals surface area contributed by atoms with Gasteiger partial charge in [-0.2, -0.15) is 0 Å². The molecular weight excluding hydrogens is 232 g/mol. The molecular formula is C17H26N2. The van der Waals surface area contributed by atoms with Gasteiger partial charge in [-0.15, -0.1) is 0 Å². The third kappa shape index (κ3) is 3.37. The van der Waals surface area contributed by atoms with E-state index < -0.39 is 0 Å². The lowest BCUT2D eigenvalue weighted by molar-refractivity contribution is 0.258. The molecule has 3 rings (SSSR count). The molecule has 1 N–H and O–H groups in total. The molecule has 0 radical (unpaired) electrons. The zero-order valence-corrected chi connectivity index (χ0v) is 12.1. The summed E-state index contributed by atoms with van der Waals surface area (Å²) in [6, 6.07) is 9.63. The van der Waals surface area contributed by atoms with E-state index in [9.17, 15) is 0 Å². The van der Waals surface area contributed by atoms with Crippen LogP contribution in [0.2, 0.25) is 0 Å². The van der Waals surface area contributed by atoms with Gasteiger partial charge in [-0.05, 0) is 42.7 Å². The molecule has 1 heterocycles. The molecule has 19 heavy (non-hydrogen) atoms. The number of rotatable bonds is 4. The number of hydrogen-bond acceptors (Lipinski definition) is 2. The second-order valence-electron chi connectivity index (χ2n) is 6.39. The zero-order valence-electron chi connectivity index (χ0n) is 12.1. The third-order valence-electron chi connectivity index (χ3n) is 4.78. The molecule has 1 fully saturated rings. The van der Waals surface area contributed by atoms with E-state index in [0.29, 0.717) is 0 Å². The molecule has 0 aromatic heterocycles. The summed E-state index contributed by atoms with van der Waals surface area (Å²) in [6.45, 7) is 6.99. The highest BCUT2D eigenvalue weighted by atomic mass is 15.2. The van der Waals surface area contributed by atoms with E-state index in [2.05, 4.69) is 41.4 Å². The number of hydrogen-bond donors (Lipinski definition) is 1. The van der Waals surface area contributed by atoms with Crippen molar-refractivity contribution in [3.05, 3.63) is 35.4 Å². The van der Waals surface area contributed by atoms with Gasteiger partial charge in [0, 0.05) is 32.2 Å². The smallest absolute Gasteiger partial charge is 0.0241 e. The fraction of sp³-hybridized carbons (Fsp3) is 0.647. The number of nitrogens with zero attached hydrogens (tertiary/aromatic N) is 1. The lowest BCUT2D eigenvalue weighted by atomic mass is 9.87. The van der Waals surface area contributed by atoms with E-state index in [0.717, 1.165) is 31.6 Å². The van der Waals surface area contributed by atoms with E-state index in [-0.39, 0.29) is 0 Å². The summed E-state index contributed by atoms with van der Waals surface area (Å²) >= 11 is 0. The van der Waals surface area contributed by atoms with Crippen molar-refractivity contribution < 1.29 is 0 Å². The van der Waals surface area contributed by atoms with Crippen LogP contribution < -0.4 is 5.32 Å². The predicted octanol–water partition coefficient (Wildman–Crippen LogP) is 3.17. The van der Waals surface area contributed by atoms with Crippen molar-refractivity contribution in [2.75, 3.05) is 13.1 Å². The monoisotopic (exact) mass is 258 g/mol. The Kier molecular flexibility index (Phi) is 4.19. The van der Waals surface area contributed by atoms with E-state index in [4.69, 9.17) is 0 Å². The van der Waals surface area contributed by atoms with Gasteiger partial charge in [-0.3, -0.25) is 4.90 Å². The third-order valence-corrected chi connectivity index (χ3v) is 4.78. The van der Waals surface area contributed by atoms with Crippen LogP contribution in [0, 0.1) is 5.92 Å². The fourth-order valence-corrected chi connectivity index (χ4v) is 3.45. The zero-order chi connectivity index (χ0) is 13.1. The average Bonchev–Trinajstić information content (AvgIpc) is 2.83. The molecule has 1 aliphatic heterocycles. The summed E-state index contributed by atoms with van der Waals surface area (Å²) < 4.78 is 0. The van der Waals surface area contributed by atoms with Crippen molar-refractivity contribution in [2.45, 2.75) is 51.7 Å². The van der Waals surface area contributed by atoms with Gasteiger partial charge in [0.15, 0.2) is 0 Å². The lowest BCUT2D eigenvalue weighted by Gasteiger charge is -2.27. The second-order valence-corrected chi connectivity index (χ2v) is 6.39. The van der Waals surface area contributed by atoms with Gasteiger partial charge in [-0.1, -0.05) is 31.2 Å². The van der Waals surface area contributed by atoms with Gasteiger partial charge < -0.3 is 5.32 Å². The SMILES string of the molecule is CC1CCC(NCCN2Cc3ccccc3C2)CC1. The predicted molar refractivity (Wildman–Crippen MR) is 80.0 cm³/mol. The highest BCUT2D eigenvalue weighted by Gasteiger charge is 2.20. The molecule has 0 bridgehead atoms. The van der Waals surface area contributed by atoms with Gasteiger partial charge in [0.25, 0.3) is 0 Å². The maximum absolute atomic E-state index is 3.75. The molecule has 2 nitrogen and oxygen atoms in total. The summed E-state index contributed by atoms with van der Waals surface area (Å²) in [5, 5.41) is 3.75. The maximum atomic E-state index is 3.75. The Bertz CT molecular complexity index is 382. The first-order valence-electron chi connectivity index (χ1n) is 7.84. The first-order valence-corrected chi connectivity index (χ1v) is 7.84. The Labute approximate surface area is 117 Å². The standard InChI is InChI=1S/C17H26N2/c1-14-6-8-17(9-7-14)18-10-11-19-12-15-4-2-3-5-16(15)13-19/h2-5,14,17-18H,6-13H2,1H3. The van der Waals surface area contributed by atoms with Crippen molar-refractivity contribution in [3.63, 3.8) is 0 Å². The molecule has 0 atom stereocenters. The minimum absolute atomic E-state index is 0.779. The molecule has 1 aliphatic carbocycles. The first-order chi connectivity index (χ1) is 9.31. The lowest BCUT2D eigenvalue weighted by Crippen LogP contribution is -2.37. The van der Waals surface area contributed by atoms with Crippen LogP contribution in [0.5, 0.6) is 0 Å². The second kappa shape index (κ2) is 6.06. The summed E-state index contributed by atoms with van der Waals surface area (Å²) in [6.07, 6.45) is 5.57. The summed E-state index contributed by atoms with van der Waals surface area (Å²) in [5.41, 5.74) is 3.04. The Balaban J connectivity index is 1.38. The normalized spacial score (nSPS) is 27.4. The van der Waals surface area contributed by atoms with Crippen LogP contribution in [-0.4, -0.2) is 24.0 Å². The van der Waals surface area contributed by atoms with Crippen molar-refractivity contribution in [1.29, 1.82) is 0 Å². The van der Waals surface area contributed by atoms with Crippen LogP contribution in [0.3, 0.4) is 0 Å². The van der Waals surface area contributed by atoms with Crippen LogP contribution in [-0.2, 0) is 13.1 Å². The molecule has 2 heteroatoms. The Hall–Kier alpha value is -0.860. The van der Waals surface area contributed by atoms with E-state index in [1.165, 1.54) is 43.4 Å². The molecule has 0 unspecified atom stereocenters. The Morgan fingerprint density at radius 2 is 1.68 bits per heavy atom. The number of nitrogens with one attached hydrogen (secondary N) is 1. The fourth-order valence-electron chi connectivity index (χ4n) is 3.45. The molecule has 0 spiro atoms. The van der Waals surface area contributed by atoms with Crippen LogP contribution >= 0.6 is 0 Å². The first kappa shape index (κ1) is 13.1. The maximum Gasteiger partial charge on any atom is 0.0241 e. The quantitative estimate of drug-likeness (QED) is 0.892. The van der Waals surface area contributed by atoms with E-state index >= 15 is 0 Å². The Morgan fingerprint density at radius 1 is 1.05 bits per heavy atom. The van der Waals surface area contributed by atoms with Crippen LogP contribution in [0.1, 0.15) is 43.7 Å². The van der Waals surface area contributed by atoms with E-state index in [1.54, 1.807) is 0 Å². The number of fused-ring (bicyclic) bond motifs is 1. The van der Waals surface area contributed by atoms with Crippen LogP contribution in [0.15, 0.2) is 24.3 Å². The molecule has 0 saturated heterocycles. The molecule has 1 saturated carbocycles. The van der Waals surface area contributed by atoms with Crippen LogP contribution in [0.25, 0.3) is 0 Å². The topological polar surface area (TPSA) is 15.3 Å². The Morgan fingerprint density at radius 3 is 2.32 bits per heavy atom. The molecule has 104 valence electrons. The largest absolute Gasteiger partial charge is 0.313 e. The van der Waals surface area contributed by atoms with Gasteiger partial charge in [0.2, 0.25) is 0 Å². The molecule has 2 aliphatic rings. The van der Waals surface area contributed by atoms with Gasteiger partial charge in [-0.25, -0.2) is 0 Å².